The van der Waals surface area contributed by atoms with Crippen LogP contribution >= 0.6 is 0 Å². The summed E-state index contributed by atoms with van der Waals surface area (Å²) in [4.78, 5) is 21.8. The normalized spacial score (nSPS) is 17.5. The van der Waals surface area contributed by atoms with Crippen molar-refractivity contribution in [3.8, 4) is 22.9 Å². The van der Waals surface area contributed by atoms with Gasteiger partial charge in [0.25, 0.3) is 0 Å². The van der Waals surface area contributed by atoms with Crippen molar-refractivity contribution in [3.63, 3.8) is 0 Å². The first-order valence-electron chi connectivity index (χ1n) is 16.2. The number of hydrogen-bond donors (Lipinski definition) is 1. The third-order valence-corrected chi connectivity index (χ3v) is 8.61. The molecule has 2 N–H and O–H groups in total. The molecule has 3 aromatic rings. The first-order chi connectivity index (χ1) is 20.5. The molecule has 1 aromatic heterocycles. The van der Waals surface area contributed by atoms with Gasteiger partial charge in [0.05, 0.1) is 29.8 Å². The summed E-state index contributed by atoms with van der Waals surface area (Å²) in [6.45, 7) is 6.53. The number of hydrogen-bond acceptors (Lipinski definition) is 6. The quantitative estimate of drug-likeness (QED) is 0.111. The van der Waals surface area contributed by atoms with E-state index in [9.17, 15) is 4.79 Å². The van der Waals surface area contributed by atoms with E-state index in [1.165, 1.54) is 82.4 Å². The molecule has 0 unspecified atom stereocenters. The van der Waals surface area contributed by atoms with Gasteiger partial charge >= 0.3 is 5.97 Å². The van der Waals surface area contributed by atoms with Crippen LogP contribution in [0, 0.1) is 5.92 Å². The van der Waals surface area contributed by atoms with E-state index in [1.54, 1.807) is 24.4 Å². The third-order valence-electron chi connectivity index (χ3n) is 8.61. The number of carbonyl (C=O) groups excluding carboxylic acids is 1. The molecule has 2 aromatic carbocycles. The van der Waals surface area contributed by atoms with Crippen LogP contribution in [0.25, 0.3) is 11.3 Å². The second kappa shape index (κ2) is 16.3. The standard InChI is InChI=1S/C36H49N3O3/c1-4-6-8-10-11-26(3)41-31-21-22-33(37)32(23-31)36(40)42-35-25-38-34(24-39-35)30-19-17-29(18-20-30)28-15-13-27(14-16-28)12-9-7-5-2/h17-28H,4-16,37H2,1-3H3/t26-,27?,28?/m1/s1. The SMILES string of the molecule is CCCCCC[C@@H](C)Oc1ccc(N)c(C(=O)Oc2cnc(-c3ccc(C4CCC(CCCCC)CC4)cc3)cn2)c1. The fraction of sp³-hybridized carbons (Fsp3) is 0.528. The number of nitrogens with zero attached hydrogens (tertiary/aromatic N) is 2. The van der Waals surface area contributed by atoms with Crippen LogP contribution in [0.1, 0.15) is 126 Å². The molecule has 0 amide bonds. The van der Waals surface area contributed by atoms with E-state index in [4.69, 9.17) is 15.2 Å². The van der Waals surface area contributed by atoms with Gasteiger partial charge in [0, 0.05) is 11.3 Å². The molecule has 6 heteroatoms. The Bertz CT molecular complexity index is 1230. The number of esters is 1. The lowest BCUT2D eigenvalue weighted by Crippen LogP contribution is -2.15. The number of unbranched alkanes of at least 4 members (excludes halogenated alkanes) is 5. The number of ether oxygens (including phenoxy) is 2. The predicted molar refractivity (Wildman–Crippen MR) is 171 cm³/mol. The summed E-state index contributed by atoms with van der Waals surface area (Å²) < 4.78 is 11.5. The fourth-order valence-electron chi connectivity index (χ4n) is 6.00. The summed E-state index contributed by atoms with van der Waals surface area (Å²) in [5, 5.41) is 0. The Hall–Kier alpha value is -3.41. The fourth-order valence-corrected chi connectivity index (χ4v) is 6.00. The molecule has 1 heterocycles. The Labute approximate surface area is 252 Å². The lowest BCUT2D eigenvalue weighted by molar-refractivity contribution is 0.0727. The number of carbonyl (C=O) groups is 1. The topological polar surface area (TPSA) is 87.3 Å². The van der Waals surface area contributed by atoms with Crippen molar-refractivity contribution in [1.29, 1.82) is 0 Å². The van der Waals surface area contributed by atoms with Crippen molar-refractivity contribution in [3.05, 3.63) is 66.0 Å². The predicted octanol–water partition coefficient (Wildman–Crippen LogP) is 9.54. The van der Waals surface area contributed by atoms with Crippen molar-refractivity contribution >= 4 is 11.7 Å². The molecular weight excluding hydrogens is 522 g/mol. The third kappa shape index (κ3) is 9.30. The molecule has 0 bridgehead atoms. The average molecular weight is 572 g/mol. The molecule has 0 aliphatic heterocycles. The number of aromatic nitrogens is 2. The summed E-state index contributed by atoms with van der Waals surface area (Å²) in [5.41, 5.74) is 9.83. The first kappa shape index (κ1) is 31.5. The molecule has 4 rings (SSSR count). The maximum absolute atomic E-state index is 12.9. The van der Waals surface area contributed by atoms with E-state index >= 15 is 0 Å². The van der Waals surface area contributed by atoms with Crippen LogP contribution in [0.15, 0.2) is 54.9 Å². The number of benzene rings is 2. The summed E-state index contributed by atoms with van der Waals surface area (Å²) in [6, 6.07) is 13.8. The maximum Gasteiger partial charge on any atom is 0.347 e. The summed E-state index contributed by atoms with van der Waals surface area (Å²) >= 11 is 0. The Morgan fingerprint density at radius 3 is 2.33 bits per heavy atom. The van der Waals surface area contributed by atoms with E-state index < -0.39 is 5.97 Å². The number of rotatable bonds is 15. The Morgan fingerprint density at radius 1 is 0.905 bits per heavy atom. The van der Waals surface area contributed by atoms with Crippen LogP contribution in [-0.4, -0.2) is 22.0 Å². The monoisotopic (exact) mass is 571 g/mol. The molecule has 1 saturated carbocycles. The smallest absolute Gasteiger partial charge is 0.347 e. The van der Waals surface area contributed by atoms with E-state index in [1.807, 2.05) is 6.92 Å². The van der Waals surface area contributed by atoms with Gasteiger partial charge in [0.2, 0.25) is 5.88 Å². The van der Waals surface area contributed by atoms with Crippen LogP contribution in [-0.2, 0) is 0 Å². The van der Waals surface area contributed by atoms with Crippen LogP contribution in [0.5, 0.6) is 11.6 Å². The Morgan fingerprint density at radius 2 is 1.64 bits per heavy atom. The van der Waals surface area contributed by atoms with Crippen LogP contribution in [0.2, 0.25) is 0 Å². The highest BCUT2D eigenvalue weighted by molar-refractivity contribution is 5.96. The van der Waals surface area contributed by atoms with Gasteiger partial charge in [-0.15, -0.1) is 0 Å². The second-order valence-electron chi connectivity index (χ2n) is 12.0. The van der Waals surface area contributed by atoms with Gasteiger partial charge in [-0.2, -0.15) is 0 Å². The van der Waals surface area contributed by atoms with Gasteiger partial charge in [-0.25, -0.2) is 14.8 Å². The van der Waals surface area contributed by atoms with Crippen LogP contribution < -0.4 is 15.2 Å². The van der Waals surface area contributed by atoms with Gasteiger partial charge in [-0.05, 0) is 81.0 Å². The molecule has 1 aliphatic rings. The van der Waals surface area contributed by atoms with Gasteiger partial charge in [-0.1, -0.05) is 83.1 Å². The summed E-state index contributed by atoms with van der Waals surface area (Å²) in [7, 11) is 0. The van der Waals surface area contributed by atoms with E-state index in [2.05, 4.69) is 48.1 Å². The van der Waals surface area contributed by atoms with Gasteiger partial charge in [0.15, 0.2) is 0 Å². The van der Waals surface area contributed by atoms with Gasteiger partial charge in [-0.3, -0.25) is 0 Å². The van der Waals surface area contributed by atoms with Crippen molar-refractivity contribution in [2.24, 2.45) is 5.92 Å². The number of anilines is 1. The lowest BCUT2D eigenvalue weighted by atomic mass is 9.77. The minimum Gasteiger partial charge on any atom is -0.491 e. The maximum atomic E-state index is 12.9. The molecule has 1 atom stereocenters. The Balaban J connectivity index is 1.30. The number of nitrogen functional groups attached to an aromatic ring is 1. The van der Waals surface area contributed by atoms with E-state index in [-0.39, 0.29) is 17.5 Å². The van der Waals surface area contributed by atoms with Crippen LogP contribution in [0.4, 0.5) is 5.69 Å². The highest BCUT2D eigenvalue weighted by atomic mass is 16.5. The second-order valence-corrected chi connectivity index (χ2v) is 12.0. The molecule has 0 saturated heterocycles. The zero-order valence-corrected chi connectivity index (χ0v) is 25.8. The summed E-state index contributed by atoms with van der Waals surface area (Å²) in [5.74, 6) is 1.72. The van der Waals surface area contributed by atoms with E-state index in [0.29, 0.717) is 17.4 Å². The molecule has 226 valence electrons. The molecule has 0 spiro atoms. The van der Waals surface area contributed by atoms with E-state index in [0.717, 1.165) is 30.0 Å². The van der Waals surface area contributed by atoms with Crippen molar-refractivity contribution < 1.29 is 14.3 Å². The first-order valence-corrected chi connectivity index (χ1v) is 16.2. The largest absolute Gasteiger partial charge is 0.491 e. The van der Waals surface area contributed by atoms with Crippen molar-refractivity contribution in [1.82, 2.24) is 9.97 Å². The van der Waals surface area contributed by atoms with Crippen molar-refractivity contribution in [2.75, 3.05) is 5.73 Å². The Kier molecular flexibility index (Phi) is 12.2. The molecule has 0 radical (unpaired) electrons. The molecule has 6 nitrogen and oxygen atoms in total. The van der Waals surface area contributed by atoms with Gasteiger partial charge < -0.3 is 15.2 Å². The highest BCUT2D eigenvalue weighted by Gasteiger charge is 2.22. The minimum atomic E-state index is -0.583. The molecular formula is C36H49N3O3. The average Bonchev–Trinajstić information content (AvgIpc) is 3.01. The lowest BCUT2D eigenvalue weighted by Gasteiger charge is -2.29. The summed E-state index contributed by atoms with van der Waals surface area (Å²) in [6.07, 6.45) is 19.6. The molecule has 1 fully saturated rings. The highest BCUT2D eigenvalue weighted by Crippen LogP contribution is 2.38. The van der Waals surface area contributed by atoms with Gasteiger partial charge in [0.1, 0.15) is 5.75 Å². The minimum absolute atomic E-state index is 0.0529. The van der Waals surface area contributed by atoms with Crippen molar-refractivity contribution in [2.45, 2.75) is 116 Å². The van der Waals surface area contributed by atoms with Crippen LogP contribution in [0.3, 0.4) is 0 Å². The zero-order valence-electron chi connectivity index (χ0n) is 25.8. The molecule has 1 aliphatic carbocycles. The molecule has 42 heavy (non-hydrogen) atoms. The zero-order chi connectivity index (χ0) is 29.7. The number of nitrogens with two attached hydrogens (primary N) is 1.